The molecule has 1 heterocycles. The summed E-state index contributed by atoms with van der Waals surface area (Å²) >= 11 is 0.932. The molecule has 0 aliphatic rings. The summed E-state index contributed by atoms with van der Waals surface area (Å²) in [5, 5.41) is 12.5. The van der Waals surface area contributed by atoms with E-state index in [2.05, 4.69) is 5.32 Å². The molecule has 0 radical (unpaired) electrons. The van der Waals surface area contributed by atoms with Crippen molar-refractivity contribution in [1.29, 1.82) is 0 Å². The fraction of sp³-hybridized carbons (Fsp3) is 0.0833. The molecule has 1 aromatic heterocycles. The number of carboxylic acids is 1. The second-order valence-electron chi connectivity index (χ2n) is 3.78. The van der Waals surface area contributed by atoms with Crippen LogP contribution >= 0.6 is 11.3 Å². The maximum atomic E-state index is 13.4. The minimum Gasteiger partial charge on any atom is -0.477 e. The topological polar surface area (TPSA) is 49.3 Å². The average molecular weight is 305 g/mol. The number of aromatic carboxylic acids is 1. The van der Waals surface area contributed by atoms with Gasteiger partial charge in [-0.3, -0.25) is 0 Å². The fourth-order valence-electron chi connectivity index (χ4n) is 1.57. The molecule has 3 nitrogen and oxygen atoms in total. The van der Waals surface area contributed by atoms with Crippen molar-refractivity contribution in [3.63, 3.8) is 0 Å². The van der Waals surface area contributed by atoms with E-state index in [-0.39, 0.29) is 23.1 Å². The molecule has 0 aliphatic carbocycles. The highest BCUT2D eigenvalue weighted by atomic mass is 32.1. The maximum absolute atomic E-state index is 13.4. The molecule has 0 bridgehead atoms. The molecular weight excluding hydrogens is 298 g/mol. The monoisotopic (exact) mass is 305 g/mol. The Hall–Kier alpha value is -2.09. The zero-order valence-corrected chi connectivity index (χ0v) is 10.5. The number of benzene rings is 1. The van der Waals surface area contributed by atoms with Gasteiger partial charge in [0.15, 0.2) is 23.3 Å². The van der Waals surface area contributed by atoms with Crippen LogP contribution < -0.4 is 5.32 Å². The molecule has 0 unspecified atom stereocenters. The van der Waals surface area contributed by atoms with Crippen LogP contribution in [0, 0.1) is 23.3 Å². The summed E-state index contributed by atoms with van der Waals surface area (Å²) in [7, 11) is 0. The van der Waals surface area contributed by atoms with Crippen molar-refractivity contribution in [3.05, 3.63) is 51.2 Å². The lowest BCUT2D eigenvalue weighted by Gasteiger charge is -2.09. The highest BCUT2D eigenvalue weighted by molar-refractivity contribution is 7.12. The molecule has 106 valence electrons. The van der Waals surface area contributed by atoms with Crippen LogP contribution in [0.25, 0.3) is 0 Å². The first-order chi connectivity index (χ1) is 9.41. The minimum atomic E-state index is -1.56. The third-order valence-corrected chi connectivity index (χ3v) is 3.45. The Morgan fingerprint density at radius 2 is 1.80 bits per heavy atom. The Balaban J connectivity index is 2.28. The van der Waals surface area contributed by atoms with E-state index in [4.69, 9.17) is 5.11 Å². The summed E-state index contributed by atoms with van der Waals surface area (Å²) in [4.78, 5) is 10.8. The van der Waals surface area contributed by atoms with E-state index in [1.54, 1.807) is 0 Å². The van der Waals surface area contributed by atoms with Crippen LogP contribution in [0.15, 0.2) is 17.5 Å². The Bertz CT molecular complexity index is 645. The Kier molecular flexibility index (Phi) is 3.93. The van der Waals surface area contributed by atoms with Crippen molar-refractivity contribution in [2.75, 3.05) is 5.32 Å². The summed E-state index contributed by atoms with van der Waals surface area (Å²) in [5.41, 5.74) is -0.712. The van der Waals surface area contributed by atoms with Gasteiger partial charge in [0, 0.05) is 12.6 Å². The molecule has 0 amide bonds. The third-order valence-electron chi connectivity index (χ3n) is 2.51. The van der Waals surface area contributed by atoms with E-state index < -0.39 is 34.9 Å². The van der Waals surface area contributed by atoms with Crippen LogP contribution in [-0.2, 0) is 6.54 Å². The van der Waals surface area contributed by atoms with E-state index in [9.17, 15) is 22.4 Å². The van der Waals surface area contributed by atoms with Gasteiger partial charge in [0.1, 0.15) is 10.6 Å². The molecule has 1 aromatic carbocycles. The van der Waals surface area contributed by atoms with Crippen LogP contribution in [-0.4, -0.2) is 11.1 Å². The van der Waals surface area contributed by atoms with Gasteiger partial charge in [-0.1, -0.05) is 0 Å². The SMILES string of the molecule is O=C(O)c1sccc1CNc1c(F)c(F)cc(F)c1F. The van der Waals surface area contributed by atoms with Crippen molar-refractivity contribution in [3.8, 4) is 0 Å². The number of nitrogens with one attached hydrogen (secondary N) is 1. The molecule has 2 aromatic rings. The maximum Gasteiger partial charge on any atom is 0.346 e. The van der Waals surface area contributed by atoms with Gasteiger partial charge in [-0.05, 0) is 17.0 Å². The van der Waals surface area contributed by atoms with Crippen LogP contribution in [0.5, 0.6) is 0 Å². The first-order valence-electron chi connectivity index (χ1n) is 5.28. The number of hydrogen-bond donors (Lipinski definition) is 2. The van der Waals surface area contributed by atoms with Crippen molar-refractivity contribution >= 4 is 23.0 Å². The number of halogens is 4. The van der Waals surface area contributed by atoms with Gasteiger partial charge in [-0.2, -0.15) is 0 Å². The van der Waals surface area contributed by atoms with Crippen molar-refractivity contribution in [2.24, 2.45) is 0 Å². The largest absolute Gasteiger partial charge is 0.477 e. The first-order valence-corrected chi connectivity index (χ1v) is 6.16. The van der Waals surface area contributed by atoms with Crippen molar-refractivity contribution < 1.29 is 27.5 Å². The van der Waals surface area contributed by atoms with E-state index in [1.807, 2.05) is 0 Å². The molecule has 20 heavy (non-hydrogen) atoms. The second kappa shape index (κ2) is 5.49. The molecule has 0 spiro atoms. The Morgan fingerprint density at radius 1 is 1.20 bits per heavy atom. The molecule has 0 fully saturated rings. The van der Waals surface area contributed by atoms with Gasteiger partial charge >= 0.3 is 5.97 Å². The molecule has 2 N–H and O–H groups in total. The van der Waals surface area contributed by atoms with Gasteiger partial charge in [-0.15, -0.1) is 11.3 Å². The van der Waals surface area contributed by atoms with Crippen molar-refractivity contribution in [2.45, 2.75) is 6.54 Å². The number of thiophene rings is 1. The third kappa shape index (κ3) is 2.60. The summed E-state index contributed by atoms with van der Waals surface area (Å²) in [6.07, 6.45) is 0. The van der Waals surface area contributed by atoms with E-state index in [0.29, 0.717) is 0 Å². The van der Waals surface area contributed by atoms with Crippen LogP contribution in [0.2, 0.25) is 0 Å². The van der Waals surface area contributed by atoms with Gasteiger partial charge in [-0.25, -0.2) is 22.4 Å². The number of anilines is 1. The molecule has 0 saturated carbocycles. The molecule has 2 rings (SSSR count). The highest BCUT2D eigenvalue weighted by Gasteiger charge is 2.19. The summed E-state index contributed by atoms with van der Waals surface area (Å²) in [5.74, 6) is -7.37. The van der Waals surface area contributed by atoms with Gasteiger partial charge in [0.25, 0.3) is 0 Å². The summed E-state index contributed by atoms with van der Waals surface area (Å²) in [6.45, 7) is -0.276. The van der Waals surface area contributed by atoms with Crippen molar-refractivity contribution in [1.82, 2.24) is 0 Å². The Labute approximate surface area is 114 Å². The van der Waals surface area contributed by atoms with Gasteiger partial charge in [0.2, 0.25) is 0 Å². The number of carboxylic acid groups (broad SMARTS) is 1. The molecular formula is C12H7F4NO2S. The zero-order chi connectivity index (χ0) is 14.9. The van der Waals surface area contributed by atoms with Crippen LogP contribution in [0.1, 0.15) is 15.2 Å². The van der Waals surface area contributed by atoms with E-state index in [0.717, 1.165) is 11.3 Å². The average Bonchev–Trinajstić information content (AvgIpc) is 2.85. The lowest BCUT2D eigenvalue weighted by atomic mass is 10.2. The lowest BCUT2D eigenvalue weighted by Crippen LogP contribution is -2.09. The highest BCUT2D eigenvalue weighted by Crippen LogP contribution is 2.25. The fourth-order valence-corrected chi connectivity index (χ4v) is 2.34. The number of hydrogen-bond acceptors (Lipinski definition) is 3. The minimum absolute atomic E-state index is 0.0183. The van der Waals surface area contributed by atoms with E-state index in [1.165, 1.54) is 11.4 Å². The van der Waals surface area contributed by atoms with E-state index >= 15 is 0 Å². The summed E-state index contributed by atoms with van der Waals surface area (Å²) < 4.78 is 52.7. The van der Waals surface area contributed by atoms with Gasteiger partial charge in [0.05, 0.1) is 0 Å². The molecule has 0 atom stereocenters. The predicted octanol–water partition coefficient (Wildman–Crippen LogP) is 3.61. The normalized spacial score (nSPS) is 10.6. The first kappa shape index (κ1) is 14.3. The van der Waals surface area contributed by atoms with Crippen LogP contribution in [0.4, 0.5) is 23.2 Å². The molecule has 0 aliphatic heterocycles. The quantitative estimate of drug-likeness (QED) is 0.670. The standard InChI is InChI=1S/C12H7F4NO2S/c13-6-3-7(14)9(16)10(8(6)15)17-4-5-1-2-20-11(5)12(18)19/h1-3,17H,4H2,(H,18,19). The summed E-state index contributed by atoms with van der Waals surface area (Å²) in [6, 6.07) is 1.54. The lowest BCUT2D eigenvalue weighted by molar-refractivity contribution is 0.0701. The number of rotatable bonds is 4. The van der Waals surface area contributed by atoms with Crippen LogP contribution in [0.3, 0.4) is 0 Å². The molecule has 8 heteroatoms. The van der Waals surface area contributed by atoms with Gasteiger partial charge < -0.3 is 10.4 Å². The number of carbonyl (C=O) groups is 1. The predicted molar refractivity (Wildman–Crippen MR) is 64.9 cm³/mol. The smallest absolute Gasteiger partial charge is 0.346 e. The zero-order valence-electron chi connectivity index (χ0n) is 9.71. The molecule has 0 saturated heterocycles. The second-order valence-corrected chi connectivity index (χ2v) is 4.69. The Morgan fingerprint density at radius 3 is 2.35 bits per heavy atom.